The van der Waals surface area contributed by atoms with Crippen molar-refractivity contribution in [3.8, 4) is 24.2 Å². The van der Waals surface area contributed by atoms with E-state index in [0.717, 1.165) is 0 Å². The Hall–Kier alpha value is -2.26. The van der Waals surface area contributed by atoms with E-state index in [1.807, 2.05) is 6.07 Å². The molecule has 0 spiro atoms. The first-order valence-electron chi connectivity index (χ1n) is 3.80. The highest BCUT2D eigenvalue weighted by Crippen LogP contribution is 2.23. The number of hydrogen-bond acceptors (Lipinski definition) is 3. The first-order valence-corrected chi connectivity index (χ1v) is 3.80. The molecule has 0 N–H and O–H groups in total. The average molecular weight is 185 g/mol. The van der Waals surface area contributed by atoms with Gasteiger partial charge in [0.05, 0.1) is 18.2 Å². The lowest BCUT2D eigenvalue weighted by Gasteiger charge is -2.05. The first-order chi connectivity index (χ1) is 6.76. The summed E-state index contributed by atoms with van der Waals surface area (Å²) in [5.74, 6) is 2.69. The fourth-order valence-corrected chi connectivity index (χ4v) is 1.13. The van der Waals surface area contributed by atoms with E-state index in [-0.39, 0.29) is 5.56 Å². The zero-order valence-corrected chi connectivity index (χ0v) is 7.57. The quantitative estimate of drug-likeness (QED) is 0.516. The van der Waals surface area contributed by atoms with E-state index < -0.39 is 0 Å². The smallest absolute Gasteiger partial charge is 0.152 e. The van der Waals surface area contributed by atoms with Gasteiger partial charge in [0.25, 0.3) is 0 Å². The molecular formula is C11H7NO2. The Morgan fingerprint density at radius 2 is 2.14 bits per heavy atom. The third-order valence-electron chi connectivity index (χ3n) is 1.73. The topological polar surface area (TPSA) is 50.1 Å². The Kier molecular flexibility index (Phi) is 2.89. The van der Waals surface area contributed by atoms with E-state index in [2.05, 4.69) is 5.92 Å². The van der Waals surface area contributed by atoms with Crippen LogP contribution in [0.25, 0.3) is 0 Å². The number of rotatable bonds is 2. The Morgan fingerprint density at radius 1 is 1.50 bits per heavy atom. The van der Waals surface area contributed by atoms with Crippen molar-refractivity contribution in [1.82, 2.24) is 0 Å². The summed E-state index contributed by atoms with van der Waals surface area (Å²) in [5.41, 5.74) is 1.05. The molecule has 3 nitrogen and oxygen atoms in total. The van der Waals surface area contributed by atoms with Crippen molar-refractivity contribution in [2.45, 2.75) is 0 Å². The van der Waals surface area contributed by atoms with Crippen LogP contribution in [0.5, 0.6) is 5.75 Å². The molecule has 0 aliphatic heterocycles. The van der Waals surface area contributed by atoms with Gasteiger partial charge in [-0.3, -0.25) is 4.79 Å². The van der Waals surface area contributed by atoms with Crippen LogP contribution in [-0.4, -0.2) is 13.4 Å². The van der Waals surface area contributed by atoms with Crippen molar-refractivity contribution in [3.05, 3.63) is 28.8 Å². The molecular weight excluding hydrogens is 178 g/mol. The molecule has 0 aliphatic rings. The minimum absolute atomic E-state index is 0.269. The summed E-state index contributed by atoms with van der Waals surface area (Å²) in [6, 6.07) is 4.86. The highest BCUT2D eigenvalue weighted by molar-refractivity contribution is 5.78. The second-order valence-corrected chi connectivity index (χ2v) is 2.52. The number of nitrogens with zero attached hydrogens (tertiary/aromatic N) is 1. The summed E-state index contributed by atoms with van der Waals surface area (Å²) in [5, 5.41) is 8.77. The molecule has 3 heteroatoms. The largest absolute Gasteiger partial charge is 0.494 e. The van der Waals surface area contributed by atoms with Gasteiger partial charge in [0.15, 0.2) is 5.75 Å². The molecule has 1 aromatic rings. The van der Waals surface area contributed by atoms with Gasteiger partial charge in [0, 0.05) is 5.56 Å². The monoisotopic (exact) mass is 185 g/mol. The van der Waals surface area contributed by atoms with E-state index in [1.54, 1.807) is 0 Å². The standard InChI is InChI=1S/C11H7NO2/c1-3-9-4-8(7-13)5-10(6-12)11(9)14-2/h1,4-5,7H,2H3. The molecule has 0 atom stereocenters. The highest BCUT2D eigenvalue weighted by Gasteiger charge is 2.09. The maximum absolute atomic E-state index is 10.5. The lowest BCUT2D eigenvalue weighted by atomic mass is 10.1. The molecule has 0 saturated carbocycles. The fraction of sp³-hybridized carbons (Fsp3) is 0.0909. The van der Waals surface area contributed by atoms with Crippen LogP contribution in [0.15, 0.2) is 12.1 Å². The van der Waals surface area contributed by atoms with Crippen LogP contribution in [0.4, 0.5) is 0 Å². The van der Waals surface area contributed by atoms with Gasteiger partial charge in [0.1, 0.15) is 12.4 Å². The SMILES string of the molecule is C#Cc1cc(C=O)cc(C#N)c1OC. The lowest BCUT2D eigenvalue weighted by Crippen LogP contribution is -1.94. The molecule has 0 aromatic heterocycles. The first kappa shape index (κ1) is 9.83. The zero-order chi connectivity index (χ0) is 10.6. The number of nitriles is 1. The van der Waals surface area contributed by atoms with Crippen LogP contribution < -0.4 is 4.74 Å². The molecule has 0 bridgehead atoms. The van der Waals surface area contributed by atoms with E-state index in [1.165, 1.54) is 19.2 Å². The maximum atomic E-state index is 10.5. The minimum Gasteiger partial charge on any atom is -0.494 e. The summed E-state index contributed by atoms with van der Waals surface area (Å²) in [7, 11) is 1.43. The zero-order valence-electron chi connectivity index (χ0n) is 7.57. The summed E-state index contributed by atoms with van der Waals surface area (Å²) >= 11 is 0. The summed E-state index contributed by atoms with van der Waals surface area (Å²) in [4.78, 5) is 10.5. The minimum atomic E-state index is 0.269. The van der Waals surface area contributed by atoms with Crippen LogP contribution in [0.1, 0.15) is 21.5 Å². The molecule has 0 saturated heterocycles. The molecule has 14 heavy (non-hydrogen) atoms. The Bertz CT molecular complexity index is 414. The second-order valence-electron chi connectivity index (χ2n) is 2.52. The van der Waals surface area contributed by atoms with E-state index >= 15 is 0 Å². The molecule has 0 amide bonds. The Morgan fingerprint density at radius 3 is 2.57 bits per heavy atom. The van der Waals surface area contributed by atoms with Crippen LogP contribution in [0, 0.1) is 23.7 Å². The molecule has 68 valence electrons. The van der Waals surface area contributed by atoms with Gasteiger partial charge in [0.2, 0.25) is 0 Å². The Labute approximate surface area is 81.9 Å². The van der Waals surface area contributed by atoms with Crippen LogP contribution in [-0.2, 0) is 0 Å². The summed E-state index contributed by atoms with van der Waals surface area (Å²) < 4.78 is 4.98. The number of carbonyl (C=O) groups is 1. The maximum Gasteiger partial charge on any atom is 0.152 e. The van der Waals surface area contributed by atoms with Gasteiger partial charge < -0.3 is 4.74 Å². The van der Waals surface area contributed by atoms with Gasteiger partial charge in [-0.15, -0.1) is 6.42 Å². The second kappa shape index (κ2) is 4.11. The third kappa shape index (κ3) is 1.57. The molecule has 0 heterocycles. The van der Waals surface area contributed by atoms with Gasteiger partial charge in [-0.05, 0) is 12.1 Å². The predicted octanol–water partition coefficient (Wildman–Crippen LogP) is 1.36. The van der Waals surface area contributed by atoms with Crippen molar-refractivity contribution in [2.24, 2.45) is 0 Å². The normalized spacial score (nSPS) is 8.50. The molecule has 0 fully saturated rings. The van der Waals surface area contributed by atoms with Gasteiger partial charge in [-0.2, -0.15) is 5.26 Å². The summed E-state index contributed by atoms with van der Waals surface area (Å²) in [6.07, 6.45) is 5.86. The van der Waals surface area contributed by atoms with Gasteiger partial charge >= 0.3 is 0 Å². The van der Waals surface area contributed by atoms with Crippen molar-refractivity contribution >= 4 is 6.29 Å². The van der Waals surface area contributed by atoms with Crippen molar-refractivity contribution in [3.63, 3.8) is 0 Å². The Balaban J connectivity index is 3.51. The van der Waals surface area contributed by atoms with E-state index in [0.29, 0.717) is 23.2 Å². The molecule has 1 aromatic carbocycles. The number of methoxy groups -OCH3 is 1. The van der Waals surface area contributed by atoms with E-state index in [4.69, 9.17) is 16.4 Å². The lowest BCUT2D eigenvalue weighted by molar-refractivity contribution is 0.112. The number of terminal acetylenes is 1. The van der Waals surface area contributed by atoms with Gasteiger partial charge in [-0.25, -0.2) is 0 Å². The van der Waals surface area contributed by atoms with Crippen LogP contribution in [0.3, 0.4) is 0 Å². The molecule has 0 radical (unpaired) electrons. The highest BCUT2D eigenvalue weighted by atomic mass is 16.5. The number of benzene rings is 1. The van der Waals surface area contributed by atoms with Crippen LogP contribution >= 0.6 is 0 Å². The molecule has 0 unspecified atom stereocenters. The molecule has 1 rings (SSSR count). The van der Waals surface area contributed by atoms with Crippen molar-refractivity contribution in [1.29, 1.82) is 5.26 Å². The predicted molar refractivity (Wildman–Crippen MR) is 51.0 cm³/mol. The average Bonchev–Trinajstić information content (AvgIpc) is 2.26. The number of ether oxygens (including phenoxy) is 1. The van der Waals surface area contributed by atoms with E-state index in [9.17, 15) is 4.79 Å². The third-order valence-corrected chi connectivity index (χ3v) is 1.73. The number of aldehydes is 1. The molecule has 0 aliphatic carbocycles. The van der Waals surface area contributed by atoms with Crippen molar-refractivity contribution in [2.75, 3.05) is 7.11 Å². The summed E-state index contributed by atoms with van der Waals surface area (Å²) in [6.45, 7) is 0. The number of carbonyl (C=O) groups excluding carboxylic acids is 1. The fourth-order valence-electron chi connectivity index (χ4n) is 1.13. The number of hydrogen-bond donors (Lipinski definition) is 0. The van der Waals surface area contributed by atoms with Crippen molar-refractivity contribution < 1.29 is 9.53 Å². The van der Waals surface area contributed by atoms with Crippen LogP contribution in [0.2, 0.25) is 0 Å². The van der Waals surface area contributed by atoms with Gasteiger partial charge in [-0.1, -0.05) is 5.92 Å².